The summed E-state index contributed by atoms with van der Waals surface area (Å²) in [6, 6.07) is 6.35. The smallest absolute Gasteiger partial charge is 0.416 e. The Hall–Kier alpha value is -3.30. The molecule has 0 saturated heterocycles. The quantitative estimate of drug-likeness (QED) is 0.305. The van der Waals surface area contributed by atoms with Gasteiger partial charge in [0.15, 0.2) is 0 Å². The average Bonchev–Trinajstić information content (AvgIpc) is 3.25. The maximum absolute atomic E-state index is 13.3. The number of aryl methyl sites for hydroxylation is 2. The van der Waals surface area contributed by atoms with E-state index < -0.39 is 35.0 Å². The lowest BCUT2D eigenvalue weighted by molar-refractivity contribution is -0.385. The maximum Gasteiger partial charge on any atom is 0.416 e. The van der Waals surface area contributed by atoms with Crippen molar-refractivity contribution in [3.63, 3.8) is 0 Å². The van der Waals surface area contributed by atoms with Crippen molar-refractivity contribution >= 4 is 17.5 Å². The van der Waals surface area contributed by atoms with Gasteiger partial charge in [-0.05, 0) is 67.0 Å². The van der Waals surface area contributed by atoms with Crippen LogP contribution in [0.1, 0.15) is 60.9 Å². The molecular weight excluding hydrogens is 463 g/mol. The molecule has 0 unspecified atom stereocenters. The van der Waals surface area contributed by atoms with Gasteiger partial charge in [-0.15, -0.1) is 0 Å². The van der Waals surface area contributed by atoms with E-state index in [9.17, 15) is 33.2 Å². The van der Waals surface area contributed by atoms with Gasteiger partial charge in [0, 0.05) is 37.5 Å². The summed E-state index contributed by atoms with van der Waals surface area (Å²) in [5.41, 5.74) is 2.13. The first kappa shape index (κ1) is 26.3. The van der Waals surface area contributed by atoms with Gasteiger partial charge in [-0.1, -0.05) is 19.4 Å². The van der Waals surface area contributed by atoms with E-state index in [-0.39, 0.29) is 12.1 Å². The summed E-state index contributed by atoms with van der Waals surface area (Å²) >= 11 is 0. The molecule has 0 fully saturated rings. The van der Waals surface area contributed by atoms with Crippen LogP contribution in [0.15, 0.2) is 30.3 Å². The number of anilines is 1. The van der Waals surface area contributed by atoms with Crippen LogP contribution in [0.4, 0.5) is 29.3 Å². The Morgan fingerprint density at radius 2 is 1.77 bits per heavy atom. The van der Waals surface area contributed by atoms with Crippen LogP contribution in [-0.2, 0) is 32.1 Å². The van der Waals surface area contributed by atoms with Crippen LogP contribution in [0, 0.1) is 10.1 Å². The highest BCUT2D eigenvalue weighted by Gasteiger charge is 2.33. The molecule has 0 heterocycles. The molecule has 10 heteroatoms. The van der Waals surface area contributed by atoms with E-state index in [1.807, 2.05) is 13.0 Å². The van der Waals surface area contributed by atoms with Gasteiger partial charge < -0.3 is 10.0 Å². The molecule has 0 spiro atoms. The molecule has 0 radical (unpaired) electrons. The number of amides is 1. The summed E-state index contributed by atoms with van der Waals surface area (Å²) in [7, 11) is 0. The van der Waals surface area contributed by atoms with Gasteiger partial charge in [-0.2, -0.15) is 13.2 Å². The standard InChI is InChI=1S/C25H30F3N3O4/c1-3-5-9-29(4-2)23-13-19-8-6-7-18(19)12-20(23)16-30(24(32)33)15-17-10-21(25(26,27)28)14-22(11-17)31(34)35/h10-14H,3-9,15-16H2,1-2H3,(H,32,33). The molecule has 0 aromatic heterocycles. The largest absolute Gasteiger partial charge is 0.465 e. The monoisotopic (exact) mass is 493 g/mol. The summed E-state index contributed by atoms with van der Waals surface area (Å²) < 4.78 is 39.9. The van der Waals surface area contributed by atoms with E-state index in [1.54, 1.807) is 0 Å². The first-order valence-electron chi connectivity index (χ1n) is 11.8. The van der Waals surface area contributed by atoms with Crippen molar-refractivity contribution in [2.24, 2.45) is 0 Å². The number of hydrogen-bond donors (Lipinski definition) is 1. The predicted molar refractivity (Wildman–Crippen MR) is 127 cm³/mol. The van der Waals surface area contributed by atoms with Crippen molar-refractivity contribution in [3.05, 3.63) is 68.3 Å². The van der Waals surface area contributed by atoms with E-state index in [1.165, 1.54) is 5.56 Å². The van der Waals surface area contributed by atoms with Gasteiger partial charge in [0.25, 0.3) is 5.69 Å². The van der Waals surface area contributed by atoms with Crippen LogP contribution >= 0.6 is 0 Å². The SMILES string of the molecule is CCCCN(CC)c1cc2c(cc1CN(Cc1cc([N+](=O)[O-])cc(C(F)(F)F)c1)C(=O)O)CCC2. The van der Waals surface area contributed by atoms with Crippen LogP contribution < -0.4 is 4.90 Å². The van der Waals surface area contributed by atoms with Crippen LogP contribution in [-0.4, -0.2) is 34.1 Å². The Morgan fingerprint density at radius 3 is 2.34 bits per heavy atom. The number of carbonyl (C=O) groups is 1. The van der Waals surface area contributed by atoms with Gasteiger partial charge in [0.1, 0.15) is 0 Å². The fourth-order valence-corrected chi connectivity index (χ4v) is 4.53. The van der Waals surface area contributed by atoms with Gasteiger partial charge in [-0.25, -0.2) is 4.79 Å². The number of nitrogens with zero attached hydrogens (tertiary/aromatic N) is 3. The lowest BCUT2D eigenvalue weighted by Crippen LogP contribution is -2.31. The molecule has 0 bridgehead atoms. The molecule has 0 aliphatic heterocycles. The number of rotatable bonds is 10. The molecule has 1 amide bonds. The lowest BCUT2D eigenvalue weighted by Gasteiger charge is -2.29. The molecule has 2 aromatic rings. The van der Waals surface area contributed by atoms with Crippen molar-refractivity contribution in [1.82, 2.24) is 4.90 Å². The molecule has 3 rings (SSSR count). The number of nitro groups is 1. The third kappa shape index (κ3) is 6.43. The van der Waals surface area contributed by atoms with E-state index in [0.717, 1.165) is 79.0 Å². The topological polar surface area (TPSA) is 86.9 Å². The van der Waals surface area contributed by atoms with Crippen LogP contribution in [0.3, 0.4) is 0 Å². The molecule has 2 aromatic carbocycles. The predicted octanol–water partition coefficient (Wildman–Crippen LogP) is 6.41. The van der Waals surface area contributed by atoms with Crippen LogP contribution in [0.5, 0.6) is 0 Å². The molecule has 1 N–H and O–H groups in total. The molecule has 190 valence electrons. The number of unbranched alkanes of at least 4 members (excludes halogenated alkanes) is 1. The number of fused-ring (bicyclic) bond motifs is 1. The van der Waals surface area contributed by atoms with E-state index in [0.29, 0.717) is 6.07 Å². The second-order valence-electron chi connectivity index (χ2n) is 8.82. The number of alkyl halides is 3. The van der Waals surface area contributed by atoms with Gasteiger partial charge in [-0.3, -0.25) is 15.0 Å². The van der Waals surface area contributed by atoms with Crippen molar-refractivity contribution in [2.45, 2.75) is 65.2 Å². The normalized spacial score (nSPS) is 12.9. The number of nitro benzene ring substituents is 1. The second-order valence-corrected chi connectivity index (χ2v) is 8.82. The number of non-ortho nitro benzene ring substituents is 1. The average molecular weight is 494 g/mol. The Morgan fingerprint density at radius 1 is 1.09 bits per heavy atom. The van der Waals surface area contributed by atoms with Gasteiger partial charge in [0.2, 0.25) is 0 Å². The molecule has 1 aliphatic rings. The van der Waals surface area contributed by atoms with Crippen LogP contribution in [0.2, 0.25) is 0 Å². The van der Waals surface area contributed by atoms with Crippen molar-refractivity contribution < 1.29 is 28.0 Å². The third-order valence-corrected chi connectivity index (χ3v) is 6.32. The minimum Gasteiger partial charge on any atom is -0.465 e. The minimum absolute atomic E-state index is 0.0371. The van der Waals surface area contributed by atoms with Crippen molar-refractivity contribution in [2.75, 3.05) is 18.0 Å². The highest BCUT2D eigenvalue weighted by atomic mass is 19.4. The fraction of sp³-hybridized carbons (Fsp3) is 0.480. The van der Waals surface area contributed by atoms with E-state index in [4.69, 9.17) is 0 Å². The minimum atomic E-state index is -4.79. The van der Waals surface area contributed by atoms with E-state index in [2.05, 4.69) is 17.9 Å². The molecule has 7 nitrogen and oxygen atoms in total. The maximum atomic E-state index is 13.3. The van der Waals surface area contributed by atoms with Crippen molar-refractivity contribution in [3.8, 4) is 0 Å². The summed E-state index contributed by atoms with van der Waals surface area (Å²) in [4.78, 5) is 25.6. The molecular formula is C25H30F3N3O4. The molecule has 35 heavy (non-hydrogen) atoms. The number of halogens is 3. The third-order valence-electron chi connectivity index (χ3n) is 6.32. The molecule has 0 atom stereocenters. The zero-order valence-corrected chi connectivity index (χ0v) is 19.9. The Balaban J connectivity index is 1.98. The van der Waals surface area contributed by atoms with Gasteiger partial charge in [0.05, 0.1) is 17.0 Å². The Kier molecular flexibility index (Phi) is 8.24. The number of hydrogen-bond acceptors (Lipinski definition) is 4. The molecule has 0 saturated carbocycles. The van der Waals surface area contributed by atoms with Crippen LogP contribution in [0.25, 0.3) is 0 Å². The number of carboxylic acid groups (broad SMARTS) is 1. The number of benzene rings is 2. The summed E-state index contributed by atoms with van der Waals surface area (Å²) in [5, 5.41) is 21.1. The van der Waals surface area contributed by atoms with Gasteiger partial charge >= 0.3 is 12.3 Å². The fourth-order valence-electron chi connectivity index (χ4n) is 4.53. The van der Waals surface area contributed by atoms with Crippen molar-refractivity contribution in [1.29, 1.82) is 0 Å². The summed E-state index contributed by atoms with van der Waals surface area (Å²) in [6.07, 6.45) is -1.24. The van der Waals surface area contributed by atoms with E-state index >= 15 is 0 Å². The zero-order valence-electron chi connectivity index (χ0n) is 19.9. The zero-order chi connectivity index (χ0) is 25.8. The Bertz CT molecular complexity index is 1090. The Labute approximate surface area is 202 Å². The lowest BCUT2D eigenvalue weighted by atomic mass is 10.0. The second kappa shape index (κ2) is 11.0. The first-order valence-corrected chi connectivity index (χ1v) is 11.8. The summed E-state index contributed by atoms with van der Waals surface area (Å²) in [5.74, 6) is 0. The summed E-state index contributed by atoms with van der Waals surface area (Å²) in [6.45, 7) is 5.23. The highest BCUT2D eigenvalue weighted by molar-refractivity contribution is 5.67. The highest BCUT2D eigenvalue weighted by Crippen LogP contribution is 2.34. The molecule has 1 aliphatic carbocycles. The first-order chi connectivity index (χ1) is 16.5.